The van der Waals surface area contributed by atoms with Crippen molar-refractivity contribution in [3.05, 3.63) is 103 Å². The van der Waals surface area contributed by atoms with Gasteiger partial charge in [-0.2, -0.15) is 0 Å². The molecule has 0 saturated carbocycles. The van der Waals surface area contributed by atoms with Crippen LogP contribution in [0.15, 0.2) is 102 Å². The molecule has 0 N–H and O–H groups in total. The fraction of sp³-hybridized carbons (Fsp3) is 0.192. The molecule has 1 aliphatic heterocycles. The van der Waals surface area contributed by atoms with Crippen molar-refractivity contribution in [2.45, 2.75) is 24.6 Å². The summed E-state index contributed by atoms with van der Waals surface area (Å²) < 4.78 is 16.9. The molecular formula is C26H26NO3P. The van der Waals surface area contributed by atoms with E-state index < -0.39 is 12.1 Å². The molecule has 1 saturated heterocycles. The van der Waals surface area contributed by atoms with Crippen molar-refractivity contribution in [2.75, 3.05) is 7.11 Å². The average Bonchev–Trinajstić information content (AvgIpc) is 2.83. The first-order chi connectivity index (χ1) is 15.1. The Morgan fingerprint density at radius 2 is 1.58 bits per heavy atom. The SMILES string of the molecule is C=CCC1(C)C(c2ccc(OC)cc2)OP1(N=C=O)(c1ccccc1)c1ccccc1. The number of allylic oxidation sites excluding steroid dienone is 1. The fourth-order valence-electron chi connectivity index (χ4n) is 4.98. The van der Waals surface area contributed by atoms with E-state index in [2.05, 4.69) is 18.3 Å². The summed E-state index contributed by atoms with van der Waals surface area (Å²) >= 11 is 0. The normalized spacial score (nSPS) is 24.5. The third-order valence-corrected chi connectivity index (χ3v) is 12.4. The number of isocyanates is 1. The summed E-state index contributed by atoms with van der Waals surface area (Å²) in [4.78, 5) is 12.0. The molecule has 0 spiro atoms. The van der Waals surface area contributed by atoms with Gasteiger partial charge in [0.05, 0.1) is 0 Å². The molecule has 158 valence electrons. The minimum atomic E-state index is -3.81. The number of ether oxygens (including phenoxy) is 1. The fourth-order valence-corrected chi connectivity index (χ4v) is 10.8. The number of rotatable bonds is 7. The zero-order valence-corrected chi connectivity index (χ0v) is 18.7. The molecule has 4 nitrogen and oxygen atoms in total. The number of hydrogen-bond acceptors (Lipinski definition) is 4. The van der Waals surface area contributed by atoms with E-state index in [1.54, 1.807) is 7.11 Å². The summed E-state index contributed by atoms with van der Waals surface area (Å²) in [5, 5.41) is 1.30. The molecule has 3 aromatic rings. The predicted octanol–water partition coefficient (Wildman–Crippen LogP) is 5.47. The molecule has 2 unspecified atom stereocenters. The third kappa shape index (κ3) is 2.77. The standard InChI is InChI=1S/C26H26NO3P/c1-4-19-26(2)25(21-15-17-22(29-3)18-16-21)30-31(26,27-20-28,23-11-7-5-8-12-23)24-13-9-6-10-14-24/h4-18,25H,1,19H2,2-3H3. The molecule has 0 amide bonds. The first-order valence-electron chi connectivity index (χ1n) is 10.2. The van der Waals surface area contributed by atoms with Crippen LogP contribution in [-0.2, 0) is 9.32 Å². The van der Waals surface area contributed by atoms with Crippen LogP contribution < -0.4 is 15.3 Å². The molecule has 5 heteroatoms. The van der Waals surface area contributed by atoms with Gasteiger partial charge in [0.25, 0.3) is 0 Å². The predicted molar refractivity (Wildman–Crippen MR) is 127 cm³/mol. The number of nitrogens with zero attached hydrogens (tertiary/aromatic N) is 1. The second-order valence-corrected chi connectivity index (χ2v) is 12.4. The van der Waals surface area contributed by atoms with Crippen molar-refractivity contribution in [3.8, 4) is 5.75 Å². The maximum atomic E-state index is 12.0. The summed E-state index contributed by atoms with van der Waals surface area (Å²) in [7, 11) is 1.65. The number of methoxy groups -OCH3 is 1. The maximum absolute atomic E-state index is 12.0. The van der Waals surface area contributed by atoms with Crippen LogP contribution in [0, 0.1) is 0 Å². The molecule has 1 fully saturated rings. The van der Waals surface area contributed by atoms with Crippen LogP contribution in [0.4, 0.5) is 0 Å². The van der Waals surface area contributed by atoms with E-state index in [0.717, 1.165) is 21.9 Å². The van der Waals surface area contributed by atoms with Gasteiger partial charge in [0.1, 0.15) is 0 Å². The molecule has 0 aromatic heterocycles. The van der Waals surface area contributed by atoms with Crippen LogP contribution in [0.1, 0.15) is 25.0 Å². The van der Waals surface area contributed by atoms with Crippen molar-refractivity contribution in [1.29, 1.82) is 0 Å². The Morgan fingerprint density at radius 3 is 2.03 bits per heavy atom. The van der Waals surface area contributed by atoms with Crippen LogP contribution in [0.2, 0.25) is 0 Å². The monoisotopic (exact) mass is 431 g/mol. The number of hydrogen-bond donors (Lipinski definition) is 0. The van der Waals surface area contributed by atoms with Crippen molar-refractivity contribution >= 4 is 23.7 Å². The number of carbonyl (C=O) groups excluding carboxylic acids is 1. The Kier molecular flexibility index (Phi) is 5.41. The molecule has 3 aromatic carbocycles. The second kappa shape index (κ2) is 7.90. The molecule has 0 bridgehead atoms. The minimum absolute atomic E-state index is 0.272. The first kappa shape index (κ1) is 21.2. The van der Waals surface area contributed by atoms with E-state index in [-0.39, 0.29) is 6.10 Å². The second-order valence-electron chi connectivity index (χ2n) is 7.96. The van der Waals surface area contributed by atoms with E-state index in [1.807, 2.05) is 97.1 Å². The number of benzene rings is 3. The molecular weight excluding hydrogens is 405 g/mol. The van der Waals surface area contributed by atoms with Gasteiger partial charge >= 0.3 is 183 Å². The Balaban J connectivity index is 2.03. The average molecular weight is 431 g/mol. The summed E-state index contributed by atoms with van der Waals surface area (Å²) in [5.41, 5.74) is 1.01. The van der Waals surface area contributed by atoms with Gasteiger partial charge in [-0.1, -0.05) is 0 Å². The van der Waals surface area contributed by atoms with Gasteiger partial charge in [0, 0.05) is 0 Å². The molecule has 4 rings (SSSR count). The van der Waals surface area contributed by atoms with Gasteiger partial charge in [0.15, 0.2) is 0 Å². The van der Waals surface area contributed by atoms with Gasteiger partial charge < -0.3 is 0 Å². The third-order valence-electron chi connectivity index (χ3n) is 6.50. The molecule has 1 aliphatic rings. The van der Waals surface area contributed by atoms with Gasteiger partial charge in [-0.25, -0.2) is 0 Å². The van der Waals surface area contributed by atoms with Gasteiger partial charge in [-0.3, -0.25) is 0 Å². The van der Waals surface area contributed by atoms with E-state index in [9.17, 15) is 4.79 Å². The van der Waals surface area contributed by atoms with E-state index in [0.29, 0.717) is 6.42 Å². The van der Waals surface area contributed by atoms with Crippen LogP contribution in [-0.4, -0.2) is 18.3 Å². The van der Waals surface area contributed by atoms with Gasteiger partial charge in [0.2, 0.25) is 0 Å². The first-order valence-corrected chi connectivity index (χ1v) is 12.3. The van der Waals surface area contributed by atoms with Gasteiger partial charge in [-0.15, -0.1) is 0 Å². The Hall–Kier alpha value is -3.03. The van der Waals surface area contributed by atoms with Gasteiger partial charge in [-0.05, 0) is 0 Å². The quantitative estimate of drug-likeness (QED) is 0.216. The molecule has 31 heavy (non-hydrogen) atoms. The Bertz CT molecular complexity index is 1080. The van der Waals surface area contributed by atoms with Crippen LogP contribution >= 0.6 is 6.98 Å². The summed E-state index contributed by atoms with van der Waals surface area (Å²) in [5.74, 6) is 0.781. The van der Waals surface area contributed by atoms with Crippen LogP contribution in [0.25, 0.3) is 0 Å². The van der Waals surface area contributed by atoms with E-state index >= 15 is 0 Å². The van der Waals surface area contributed by atoms with E-state index in [4.69, 9.17) is 9.26 Å². The van der Waals surface area contributed by atoms with Crippen molar-refractivity contribution in [3.63, 3.8) is 0 Å². The molecule has 0 aliphatic carbocycles. The van der Waals surface area contributed by atoms with Crippen molar-refractivity contribution in [1.82, 2.24) is 0 Å². The van der Waals surface area contributed by atoms with Crippen molar-refractivity contribution < 1.29 is 14.1 Å². The summed E-state index contributed by atoms with van der Waals surface area (Å²) in [6.45, 7) is 2.39. The van der Waals surface area contributed by atoms with Crippen LogP contribution in [0.3, 0.4) is 0 Å². The Morgan fingerprint density at radius 1 is 1.03 bits per heavy atom. The van der Waals surface area contributed by atoms with Crippen LogP contribution in [0.5, 0.6) is 5.75 Å². The zero-order chi connectivity index (χ0) is 22.0. The topological polar surface area (TPSA) is 47.9 Å². The Labute approximate surface area is 183 Å². The molecule has 0 radical (unpaired) electrons. The van der Waals surface area contributed by atoms with E-state index in [1.165, 1.54) is 0 Å². The summed E-state index contributed by atoms with van der Waals surface area (Å²) in [6, 6.07) is 27.7. The molecule has 1 heterocycles. The zero-order valence-electron chi connectivity index (χ0n) is 17.8. The van der Waals surface area contributed by atoms with Crippen molar-refractivity contribution in [2.24, 2.45) is 4.76 Å². The summed E-state index contributed by atoms with van der Waals surface area (Å²) in [6.07, 6.45) is 4.15. The molecule has 2 atom stereocenters.